The third-order valence-corrected chi connectivity index (χ3v) is 5.43. The molecule has 2 heterocycles. The number of benzene rings is 1. The molecule has 1 amide bonds. The fourth-order valence-corrected chi connectivity index (χ4v) is 3.80. The van der Waals surface area contributed by atoms with Crippen LogP contribution in [0.2, 0.25) is 0 Å². The van der Waals surface area contributed by atoms with Crippen molar-refractivity contribution in [3.63, 3.8) is 0 Å². The molecular formula is C18H23FN4OS. The lowest BCUT2D eigenvalue weighted by molar-refractivity contribution is -0.120. The zero-order chi connectivity index (χ0) is 17.6. The minimum Gasteiger partial charge on any atom is -0.355 e. The molecule has 7 heteroatoms. The van der Waals surface area contributed by atoms with Crippen molar-refractivity contribution < 1.29 is 9.18 Å². The Labute approximate surface area is 151 Å². The van der Waals surface area contributed by atoms with Crippen LogP contribution in [0.1, 0.15) is 37.6 Å². The van der Waals surface area contributed by atoms with Crippen molar-refractivity contribution >= 4 is 17.7 Å². The molecule has 1 atom stereocenters. The lowest BCUT2D eigenvalue weighted by atomic mass is 10.1. The van der Waals surface area contributed by atoms with E-state index in [1.165, 1.54) is 30.3 Å². The number of aryl methyl sites for hydroxylation is 1. The topological polar surface area (TPSA) is 59.8 Å². The predicted molar refractivity (Wildman–Crippen MR) is 96.0 cm³/mol. The number of hydrogen-bond acceptors (Lipinski definition) is 4. The molecule has 0 unspecified atom stereocenters. The second-order valence-corrected chi connectivity index (χ2v) is 7.60. The first kappa shape index (κ1) is 17.9. The van der Waals surface area contributed by atoms with Gasteiger partial charge in [0, 0.05) is 19.5 Å². The summed E-state index contributed by atoms with van der Waals surface area (Å²) in [5, 5.41) is 12.1. The maximum absolute atomic E-state index is 12.9. The zero-order valence-corrected chi connectivity index (χ0v) is 15.2. The van der Waals surface area contributed by atoms with Crippen LogP contribution in [-0.4, -0.2) is 32.5 Å². The van der Waals surface area contributed by atoms with Crippen LogP contribution in [0.5, 0.6) is 0 Å². The van der Waals surface area contributed by atoms with Crippen molar-refractivity contribution in [1.82, 2.24) is 20.1 Å². The van der Waals surface area contributed by atoms with Gasteiger partial charge in [0.15, 0.2) is 5.16 Å². The molecule has 1 aliphatic heterocycles. The monoisotopic (exact) mass is 362 g/mol. The van der Waals surface area contributed by atoms with Crippen molar-refractivity contribution in [2.45, 2.75) is 56.0 Å². The first-order valence-corrected chi connectivity index (χ1v) is 9.62. The maximum atomic E-state index is 12.9. The van der Waals surface area contributed by atoms with Gasteiger partial charge in [0.1, 0.15) is 11.6 Å². The standard InChI is InChI=1S/C18H23FN4OS/c1-13(17(24)20-11-10-14-6-8-15(19)9-7-14)25-18-22-21-16-5-3-2-4-12-23(16)18/h6-9,13H,2-5,10-12H2,1H3,(H,20,24)/t13-/m1/s1. The van der Waals surface area contributed by atoms with Gasteiger partial charge in [-0.05, 0) is 43.9 Å². The molecule has 0 bridgehead atoms. The molecule has 1 N–H and O–H groups in total. The van der Waals surface area contributed by atoms with E-state index in [2.05, 4.69) is 20.1 Å². The van der Waals surface area contributed by atoms with Gasteiger partial charge < -0.3 is 9.88 Å². The number of fused-ring (bicyclic) bond motifs is 1. The number of nitrogens with one attached hydrogen (secondary N) is 1. The third kappa shape index (κ3) is 4.81. The predicted octanol–water partition coefficient (Wildman–Crippen LogP) is 2.98. The van der Waals surface area contributed by atoms with Gasteiger partial charge in [-0.2, -0.15) is 0 Å². The van der Waals surface area contributed by atoms with Crippen LogP contribution in [0.3, 0.4) is 0 Å². The van der Waals surface area contributed by atoms with Crippen molar-refractivity contribution in [2.24, 2.45) is 0 Å². The zero-order valence-electron chi connectivity index (χ0n) is 14.4. The van der Waals surface area contributed by atoms with Crippen LogP contribution in [0.15, 0.2) is 29.4 Å². The highest BCUT2D eigenvalue weighted by atomic mass is 32.2. The first-order chi connectivity index (χ1) is 12.1. The molecule has 0 aliphatic carbocycles. The van der Waals surface area contributed by atoms with E-state index in [0.717, 1.165) is 42.4 Å². The van der Waals surface area contributed by atoms with Gasteiger partial charge in [0.2, 0.25) is 5.91 Å². The summed E-state index contributed by atoms with van der Waals surface area (Å²) in [7, 11) is 0. The molecule has 0 saturated heterocycles. The minimum atomic E-state index is -0.245. The van der Waals surface area contributed by atoms with Crippen molar-refractivity contribution in [1.29, 1.82) is 0 Å². The average Bonchev–Trinajstić information content (AvgIpc) is 2.83. The summed E-state index contributed by atoms with van der Waals surface area (Å²) in [6.07, 6.45) is 5.15. The maximum Gasteiger partial charge on any atom is 0.233 e. The Morgan fingerprint density at radius 3 is 2.88 bits per heavy atom. The van der Waals surface area contributed by atoms with Crippen LogP contribution >= 0.6 is 11.8 Å². The van der Waals surface area contributed by atoms with E-state index in [0.29, 0.717) is 13.0 Å². The van der Waals surface area contributed by atoms with Crippen molar-refractivity contribution in [3.8, 4) is 0 Å². The normalized spacial score (nSPS) is 15.3. The lowest BCUT2D eigenvalue weighted by Crippen LogP contribution is -2.32. The number of aromatic nitrogens is 3. The Kier molecular flexibility index (Phi) is 6.07. The number of carbonyl (C=O) groups is 1. The number of nitrogens with zero attached hydrogens (tertiary/aromatic N) is 3. The van der Waals surface area contributed by atoms with Gasteiger partial charge in [0.25, 0.3) is 0 Å². The van der Waals surface area contributed by atoms with E-state index < -0.39 is 0 Å². The summed E-state index contributed by atoms with van der Waals surface area (Å²) < 4.78 is 15.0. The summed E-state index contributed by atoms with van der Waals surface area (Å²) in [6.45, 7) is 3.35. The number of halogens is 1. The molecule has 1 aliphatic rings. The summed E-state index contributed by atoms with van der Waals surface area (Å²) >= 11 is 1.46. The molecular weight excluding hydrogens is 339 g/mol. The van der Waals surface area contributed by atoms with Gasteiger partial charge in [-0.1, -0.05) is 30.3 Å². The molecule has 1 aromatic carbocycles. The summed E-state index contributed by atoms with van der Waals surface area (Å²) in [5.41, 5.74) is 1.00. The smallest absolute Gasteiger partial charge is 0.233 e. The quantitative estimate of drug-likeness (QED) is 0.803. The molecule has 3 rings (SSSR count). The fraction of sp³-hybridized carbons (Fsp3) is 0.500. The first-order valence-electron chi connectivity index (χ1n) is 8.74. The Balaban J connectivity index is 1.49. The van der Waals surface area contributed by atoms with Gasteiger partial charge >= 0.3 is 0 Å². The van der Waals surface area contributed by atoms with E-state index in [4.69, 9.17) is 0 Å². The molecule has 2 aromatic rings. The van der Waals surface area contributed by atoms with Crippen LogP contribution in [0.25, 0.3) is 0 Å². The second-order valence-electron chi connectivity index (χ2n) is 6.29. The highest BCUT2D eigenvalue weighted by molar-refractivity contribution is 8.00. The fourth-order valence-electron chi connectivity index (χ4n) is 2.88. The summed E-state index contributed by atoms with van der Waals surface area (Å²) in [6, 6.07) is 6.36. The molecule has 0 radical (unpaired) electrons. The highest BCUT2D eigenvalue weighted by Gasteiger charge is 2.20. The van der Waals surface area contributed by atoms with E-state index in [9.17, 15) is 9.18 Å². The van der Waals surface area contributed by atoms with Gasteiger partial charge in [0.05, 0.1) is 5.25 Å². The van der Waals surface area contributed by atoms with E-state index >= 15 is 0 Å². The third-order valence-electron chi connectivity index (χ3n) is 4.35. The minimum absolute atomic E-state index is 0.0157. The second kappa shape index (κ2) is 8.47. The Hall–Kier alpha value is -1.89. The largest absolute Gasteiger partial charge is 0.355 e. The number of carbonyl (C=O) groups excluding carboxylic acids is 1. The Morgan fingerprint density at radius 1 is 1.28 bits per heavy atom. The number of amides is 1. The number of hydrogen-bond donors (Lipinski definition) is 1. The van der Waals surface area contributed by atoms with Crippen LogP contribution in [-0.2, 0) is 24.2 Å². The molecule has 0 spiro atoms. The van der Waals surface area contributed by atoms with Gasteiger partial charge in [-0.3, -0.25) is 4.79 Å². The highest BCUT2D eigenvalue weighted by Crippen LogP contribution is 2.25. The summed E-state index contributed by atoms with van der Waals surface area (Å²) in [4.78, 5) is 12.3. The van der Waals surface area contributed by atoms with E-state index in [1.54, 1.807) is 12.1 Å². The molecule has 5 nitrogen and oxygen atoms in total. The lowest BCUT2D eigenvalue weighted by Gasteiger charge is -2.12. The van der Waals surface area contributed by atoms with Gasteiger partial charge in [-0.25, -0.2) is 4.39 Å². The van der Waals surface area contributed by atoms with Crippen molar-refractivity contribution in [2.75, 3.05) is 6.54 Å². The van der Waals surface area contributed by atoms with Crippen LogP contribution in [0.4, 0.5) is 4.39 Å². The van der Waals surface area contributed by atoms with Crippen LogP contribution in [0, 0.1) is 5.82 Å². The molecule has 0 fully saturated rings. The Bertz CT molecular complexity index is 716. The van der Waals surface area contributed by atoms with E-state index in [-0.39, 0.29) is 17.0 Å². The molecule has 25 heavy (non-hydrogen) atoms. The molecule has 1 aromatic heterocycles. The number of thioether (sulfide) groups is 1. The Morgan fingerprint density at radius 2 is 2.08 bits per heavy atom. The van der Waals surface area contributed by atoms with Gasteiger partial charge in [-0.15, -0.1) is 10.2 Å². The summed E-state index contributed by atoms with van der Waals surface area (Å²) in [5.74, 6) is 0.771. The van der Waals surface area contributed by atoms with E-state index in [1.807, 2.05) is 6.92 Å². The number of rotatable bonds is 6. The molecule has 134 valence electrons. The molecule has 0 saturated carbocycles. The van der Waals surface area contributed by atoms with Crippen molar-refractivity contribution in [3.05, 3.63) is 41.5 Å². The van der Waals surface area contributed by atoms with Crippen LogP contribution < -0.4 is 5.32 Å². The average molecular weight is 362 g/mol. The SMILES string of the molecule is C[C@@H](Sc1nnc2n1CCCCC2)C(=O)NCCc1ccc(F)cc1.